The first-order chi connectivity index (χ1) is 7.63. The Labute approximate surface area is 96.2 Å². The number of nitrogen functional groups attached to an aromatic ring is 1. The molecule has 2 rings (SSSR count). The maximum Gasteiger partial charge on any atom is 0.256 e. The summed E-state index contributed by atoms with van der Waals surface area (Å²) in [5, 5.41) is 0. The van der Waals surface area contributed by atoms with Gasteiger partial charge < -0.3 is 10.6 Å². The monoisotopic (exact) mass is 218 g/mol. The number of carbonyl (C=O) groups excluding carboxylic acids is 1. The lowest BCUT2D eigenvalue weighted by Crippen LogP contribution is -2.33. The van der Waals surface area contributed by atoms with Crippen molar-refractivity contribution >= 4 is 11.6 Å². The van der Waals surface area contributed by atoms with Gasteiger partial charge in [-0.25, -0.2) is 0 Å². The summed E-state index contributed by atoms with van der Waals surface area (Å²) in [6.07, 6.45) is 2.26. The number of aryl methyl sites for hydroxylation is 1. The molecule has 1 saturated carbocycles. The summed E-state index contributed by atoms with van der Waals surface area (Å²) >= 11 is 0. The van der Waals surface area contributed by atoms with Crippen LogP contribution in [0, 0.1) is 6.92 Å². The first-order valence-corrected chi connectivity index (χ1v) is 5.80. The van der Waals surface area contributed by atoms with Crippen LogP contribution in [-0.4, -0.2) is 23.4 Å². The minimum atomic E-state index is 0.0718. The van der Waals surface area contributed by atoms with Crippen molar-refractivity contribution in [3.8, 4) is 0 Å². The number of anilines is 1. The molecule has 0 saturated heterocycles. The van der Waals surface area contributed by atoms with Crippen molar-refractivity contribution in [2.75, 3.05) is 12.3 Å². The van der Waals surface area contributed by atoms with E-state index >= 15 is 0 Å². The van der Waals surface area contributed by atoms with E-state index < -0.39 is 0 Å². The second-order valence-electron chi connectivity index (χ2n) is 4.41. The quantitative estimate of drug-likeness (QED) is 0.790. The maximum absolute atomic E-state index is 12.2. The minimum absolute atomic E-state index is 0.0718. The Morgan fingerprint density at radius 1 is 1.50 bits per heavy atom. The standard InChI is InChI=1S/C13H18N2O/c1-3-15(10-5-6-10)13(16)11-7-4-9(2)8-12(11)14/h4,7-8,10H,3,5-6,14H2,1-2H3. The van der Waals surface area contributed by atoms with Gasteiger partial charge >= 0.3 is 0 Å². The minimum Gasteiger partial charge on any atom is -0.398 e. The molecule has 1 aromatic rings. The van der Waals surface area contributed by atoms with Gasteiger partial charge in [0.25, 0.3) is 5.91 Å². The number of benzene rings is 1. The molecular formula is C13H18N2O. The first kappa shape index (κ1) is 11.0. The van der Waals surface area contributed by atoms with Crippen molar-refractivity contribution < 1.29 is 4.79 Å². The van der Waals surface area contributed by atoms with Gasteiger partial charge in [0, 0.05) is 18.3 Å². The van der Waals surface area contributed by atoms with Gasteiger partial charge in [-0.3, -0.25) is 4.79 Å². The van der Waals surface area contributed by atoms with Crippen LogP contribution >= 0.6 is 0 Å². The van der Waals surface area contributed by atoms with Crippen LogP contribution in [0.25, 0.3) is 0 Å². The topological polar surface area (TPSA) is 46.3 Å². The number of amides is 1. The Morgan fingerprint density at radius 2 is 2.19 bits per heavy atom. The summed E-state index contributed by atoms with van der Waals surface area (Å²) in [5.74, 6) is 0.0718. The van der Waals surface area contributed by atoms with Crippen molar-refractivity contribution in [2.45, 2.75) is 32.7 Å². The molecule has 0 aromatic heterocycles. The van der Waals surface area contributed by atoms with Crippen LogP contribution < -0.4 is 5.73 Å². The zero-order chi connectivity index (χ0) is 11.7. The van der Waals surface area contributed by atoms with Crippen molar-refractivity contribution in [3.05, 3.63) is 29.3 Å². The summed E-state index contributed by atoms with van der Waals surface area (Å²) < 4.78 is 0. The van der Waals surface area contributed by atoms with Crippen molar-refractivity contribution in [1.82, 2.24) is 4.90 Å². The Morgan fingerprint density at radius 3 is 2.69 bits per heavy atom. The van der Waals surface area contributed by atoms with Crippen LogP contribution in [0.15, 0.2) is 18.2 Å². The first-order valence-electron chi connectivity index (χ1n) is 5.80. The summed E-state index contributed by atoms with van der Waals surface area (Å²) in [6.45, 7) is 4.75. The van der Waals surface area contributed by atoms with Gasteiger partial charge in [-0.15, -0.1) is 0 Å². The molecule has 0 heterocycles. The number of nitrogens with zero attached hydrogens (tertiary/aromatic N) is 1. The van der Waals surface area contributed by atoms with Crippen LogP contribution in [0.3, 0.4) is 0 Å². The molecule has 2 N–H and O–H groups in total. The van der Waals surface area contributed by atoms with Crippen LogP contribution in [0.2, 0.25) is 0 Å². The summed E-state index contributed by atoms with van der Waals surface area (Å²) in [6, 6.07) is 6.06. The molecule has 86 valence electrons. The summed E-state index contributed by atoms with van der Waals surface area (Å²) in [5.41, 5.74) is 8.20. The molecule has 16 heavy (non-hydrogen) atoms. The normalized spacial score (nSPS) is 14.9. The Kier molecular flexibility index (Phi) is 2.86. The zero-order valence-corrected chi connectivity index (χ0v) is 9.86. The van der Waals surface area contributed by atoms with Crippen LogP contribution in [0.1, 0.15) is 35.7 Å². The Hall–Kier alpha value is -1.51. The highest BCUT2D eigenvalue weighted by Gasteiger charge is 2.32. The van der Waals surface area contributed by atoms with E-state index in [0.717, 1.165) is 24.9 Å². The average Bonchev–Trinajstić information content (AvgIpc) is 3.02. The average molecular weight is 218 g/mol. The molecule has 0 unspecified atom stereocenters. The lowest BCUT2D eigenvalue weighted by Gasteiger charge is -2.21. The number of nitrogens with two attached hydrogens (primary N) is 1. The molecule has 1 aliphatic rings. The van der Waals surface area contributed by atoms with E-state index in [1.165, 1.54) is 0 Å². The molecule has 1 aromatic carbocycles. The molecule has 0 radical (unpaired) electrons. The lowest BCUT2D eigenvalue weighted by atomic mass is 10.1. The smallest absolute Gasteiger partial charge is 0.256 e. The number of rotatable bonds is 3. The fraction of sp³-hybridized carbons (Fsp3) is 0.462. The van der Waals surface area contributed by atoms with Gasteiger partial charge in [-0.05, 0) is 44.4 Å². The van der Waals surface area contributed by atoms with E-state index in [-0.39, 0.29) is 5.91 Å². The molecule has 0 spiro atoms. The SMILES string of the molecule is CCN(C(=O)c1ccc(C)cc1N)C1CC1. The molecule has 1 aliphatic carbocycles. The van der Waals surface area contributed by atoms with Crippen molar-refractivity contribution in [3.63, 3.8) is 0 Å². The highest BCUT2D eigenvalue weighted by atomic mass is 16.2. The van der Waals surface area contributed by atoms with E-state index in [9.17, 15) is 4.79 Å². The summed E-state index contributed by atoms with van der Waals surface area (Å²) in [7, 11) is 0. The van der Waals surface area contributed by atoms with Gasteiger partial charge in [-0.2, -0.15) is 0 Å². The van der Waals surface area contributed by atoms with Crippen molar-refractivity contribution in [1.29, 1.82) is 0 Å². The number of hydrogen-bond donors (Lipinski definition) is 1. The molecule has 0 atom stereocenters. The number of carbonyl (C=O) groups is 1. The molecule has 3 nitrogen and oxygen atoms in total. The zero-order valence-electron chi connectivity index (χ0n) is 9.86. The second-order valence-corrected chi connectivity index (χ2v) is 4.41. The highest BCUT2D eigenvalue weighted by Crippen LogP contribution is 2.29. The maximum atomic E-state index is 12.2. The van der Waals surface area contributed by atoms with E-state index in [1.807, 2.05) is 36.9 Å². The Balaban J connectivity index is 2.25. The largest absolute Gasteiger partial charge is 0.398 e. The van der Waals surface area contributed by atoms with E-state index in [0.29, 0.717) is 17.3 Å². The van der Waals surface area contributed by atoms with E-state index in [2.05, 4.69) is 0 Å². The third-order valence-corrected chi connectivity index (χ3v) is 3.03. The Bertz CT molecular complexity index is 410. The molecule has 0 aliphatic heterocycles. The second kappa shape index (κ2) is 4.16. The van der Waals surface area contributed by atoms with E-state index in [1.54, 1.807) is 0 Å². The lowest BCUT2D eigenvalue weighted by molar-refractivity contribution is 0.0753. The van der Waals surface area contributed by atoms with Gasteiger partial charge in [0.1, 0.15) is 0 Å². The molecular weight excluding hydrogens is 200 g/mol. The third kappa shape index (κ3) is 2.03. The van der Waals surface area contributed by atoms with Crippen molar-refractivity contribution in [2.24, 2.45) is 0 Å². The van der Waals surface area contributed by atoms with Crippen LogP contribution in [0.4, 0.5) is 5.69 Å². The fourth-order valence-electron chi connectivity index (χ4n) is 1.99. The van der Waals surface area contributed by atoms with Gasteiger partial charge in [0.05, 0.1) is 5.56 Å². The number of hydrogen-bond acceptors (Lipinski definition) is 2. The van der Waals surface area contributed by atoms with Gasteiger partial charge in [-0.1, -0.05) is 6.07 Å². The predicted molar refractivity (Wildman–Crippen MR) is 65.3 cm³/mol. The third-order valence-electron chi connectivity index (χ3n) is 3.03. The molecule has 3 heteroatoms. The fourth-order valence-corrected chi connectivity index (χ4v) is 1.99. The highest BCUT2D eigenvalue weighted by molar-refractivity contribution is 5.99. The van der Waals surface area contributed by atoms with Crippen LogP contribution in [0.5, 0.6) is 0 Å². The van der Waals surface area contributed by atoms with Gasteiger partial charge in [0.15, 0.2) is 0 Å². The predicted octanol–water partition coefficient (Wildman–Crippen LogP) is 2.20. The molecule has 1 fully saturated rings. The molecule has 1 amide bonds. The summed E-state index contributed by atoms with van der Waals surface area (Å²) in [4.78, 5) is 14.2. The van der Waals surface area contributed by atoms with Crippen LogP contribution in [-0.2, 0) is 0 Å². The molecule has 0 bridgehead atoms. The van der Waals surface area contributed by atoms with E-state index in [4.69, 9.17) is 5.73 Å². The van der Waals surface area contributed by atoms with Gasteiger partial charge in [0.2, 0.25) is 0 Å².